The van der Waals surface area contributed by atoms with Crippen LogP contribution >= 0.6 is 11.6 Å². The van der Waals surface area contributed by atoms with E-state index in [1.54, 1.807) is 13.2 Å². The fraction of sp³-hybridized carbons (Fsp3) is 0.625. The van der Waals surface area contributed by atoms with E-state index in [1.807, 2.05) is 26.8 Å². The summed E-state index contributed by atoms with van der Waals surface area (Å²) < 4.78 is 4.99. The average Bonchev–Trinajstić information content (AvgIpc) is 2.40. The molecular formula is C16H25ClN2O2. The van der Waals surface area contributed by atoms with Gasteiger partial charge in [-0.15, -0.1) is 0 Å². The zero-order chi connectivity index (χ0) is 15.9. The molecule has 0 aliphatic heterocycles. The second kappa shape index (κ2) is 8.35. The van der Waals surface area contributed by atoms with E-state index in [1.165, 1.54) is 0 Å². The van der Waals surface area contributed by atoms with E-state index < -0.39 is 0 Å². The highest BCUT2D eigenvalue weighted by Gasteiger charge is 2.18. The Balaban J connectivity index is 2.56. The van der Waals surface area contributed by atoms with Crippen LogP contribution < -0.4 is 5.32 Å². The molecule has 0 unspecified atom stereocenters. The first-order valence-corrected chi connectivity index (χ1v) is 7.67. The lowest BCUT2D eigenvalue weighted by atomic mass is 9.91. The number of hydrogen-bond acceptors (Lipinski definition) is 3. The predicted molar refractivity (Wildman–Crippen MR) is 86.0 cm³/mol. The zero-order valence-corrected chi connectivity index (χ0v) is 14.1. The van der Waals surface area contributed by atoms with Crippen molar-refractivity contribution in [1.82, 2.24) is 10.3 Å². The van der Waals surface area contributed by atoms with Crippen LogP contribution in [0.25, 0.3) is 0 Å². The number of unbranched alkanes of at least 4 members (excludes halogenated alkanes) is 2. The summed E-state index contributed by atoms with van der Waals surface area (Å²) in [5, 5.41) is 3.27. The van der Waals surface area contributed by atoms with E-state index in [9.17, 15) is 4.79 Å². The van der Waals surface area contributed by atoms with Gasteiger partial charge in [0.25, 0.3) is 5.91 Å². The van der Waals surface area contributed by atoms with Gasteiger partial charge < -0.3 is 10.1 Å². The minimum Gasteiger partial charge on any atom is -0.385 e. The Bertz CT molecular complexity index is 470. The molecule has 0 spiro atoms. The van der Waals surface area contributed by atoms with Crippen LogP contribution in [0, 0.1) is 0 Å². The van der Waals surface area contributed by atoms with Gasteiger partial charge in [0.2, 0.25) is 0 Å². The largest absolute Gasteiger partial charge is 0.385 e. The minimum atomic E-state index is -0.139. The van der Waals surface area contributed by atoms with Crippen molar-refractivity contribution in [2.45, 2.75) is 45.4 Å². The van der Waals surface area contributed by atoms with Crippen molar-refractivity contribution >= 4 is 17.5 Å². The van der Waals surface area contributed by atoms with Crippen LogP contribution in [0.4, 0.5) is 0 Å². The van der Waals surface area contributed by atoms with Crippen molar-refractivity contribution in [1.29, 1.82) is 0 Å². The van der Waals surface area contributed by atoms with Gasteiger partial charge in [0.05, 0.1) is 0 Å². The van der Waals surface area contributed by atoms with Crippen molar-refractivity contribution in [3.8, 4) is 0 Å². The molecule has 1 amide bonds. The van der Waals surface area contributed by atoms with Gasteiger partial charge in [-0.1, -0.05) is 32.4 Å². The van der Waals surface area contributed by atoms with Gasteiger partial charge in [-0.05, 0) is 31.4 Å². The number of nitrogens with zero attached hydrogens (tertiary/aromatic N) is 1. The molecule has 1 aromatic rings. The summed E-state index contributed by atoms with van der Waals surface area (Å²) >= 11 is 6.01. The molecule has 1 heterocycles. The van der Waals surface area contributed by atoms with Crippen molar-refractivity contribution in [2.24, 2.45) is 0 Å². The number of rotatable bonds is 7. The normalized spacial score (nSPS) is 11.5. The topological polar surface area (TPSA) is 51.2 Å². The highest BCUT2D eigenvalue weighted by molar-refractivity contribution is 6.29. The third-order valence-electron chi connectivity index (χ3n) is 3.14. The fourth-order valence-corrected chi connectivity index (χ4v) is 2.07. The second-order valence-electron chi connectivity index (χ2n) is 6.12. The molecule has 4 nitrogen and oxygen atoms in total. The van der Waals surface area contributed by atoms with Crippen LogP contribution in [0.15, 0.2) is 12.1 Å². The average molecular weight is 313 g/mol. The summed E-state index contributed by atoms with van der Waals surface area (Å²) in [6.45, 7) is 7.56. The zero-order valence-electron chi connectivity index (χ0n) is 13.3. The third kappa shape index (κ3) is 6.44. The van der Waals surface area contributed by atoms with Gasteiger partial charge in [0, 0.05) is 36.9 Å². The van der Waals surface area contributed by atoms with Crippen molar-refractivity contribution in [3.63, 3.8) is 0 Å². The van der Waals surface area contributed by atoms with E-state index in [0.29, 0.717) is 17.3 Å². The number of amides is 1. The standard InChI is InChI=1S/C16H25ClN2O2/c1-16(2,3)13-10-12(11-14(17)19-13)15(20)18-8-6-5-7-9-21-4/h10-11H,5-9H2,1-4H3,(H,18,20). The Morgan fingerprint density at radius 1 is 1.29 bits per heavy atom. The Morgan fingerprint density at radius 2 is 2.00 bits per heavy atom. The molecule has 0 fully saturated rings. The lowest BCUT2D eigenvalue weighted by Crippen LogP contribution is -2.25. The van der Waals surface area contributed by atoms with Gasteiger partial charge in [-0.3, -0.25) is 4.79 Å². The van der Waals surface area contributed by atoms with Gasteiger partial charge in [0.15, 0.2) is 0 Å². The van der Waals surface area contributed by atoms with Gasteiger partial charge in [-0.2, -0.15) is 0 Å². The number of hydrogen-bond donors (Lipinski definition) is 1. The number of carbonyl (C=O) groups is 1. The van der Waals surface area contributed by atoms with Gasteiger partial charge in [-0.25, -0.2) is 4.98 Å². The van der Waals surface area contributed by atoms with Crippen molar-refractivity contribution < 1.29 is 9.53 Å². The van der Waals surface area contributed by atoms with Crippen LogP contribution in [0.1, 0.15) is 56.1 Å². The summed E-state index contributed by atoms with van der Waals surface area (Å²) in [4.78, 5) is 16.4. The molecule has 0 saturated heterocycles. The molecule has 0 radical (unpaired) electrons. The molecule has 1 N–H and O–H groups in total. The molecule has 118 valence electrons. The quantitative estimate of drug-likeness (QED) is 0.618. The van der Waals surface area contributed by atoms with Gasteiger partial charge >= 0.3 is 0 Å². The maximum atomic E-state index is 12.1. The van der Waals surface area contributed by atoms with Crippen LogP contribution in [-0.4, -0.2) is 31.2 Å². The number of ether oxygens (including phenoxy) is 1. The Morgan fingerprint density at radius 3 is 2.62 bits per heavy atom. The molecule has 0 aliphatic carbocycles. The first-order chi connectivity index (χ1) is 9.84. The second-order valence-corrected chi connectivity index (χ2v) is 6.51. The van der Waals surface area contributed by atoms with E-state index in [4.69, 9.17) is 16.3 Å². The number of carbonyl (C=O) groups excluding carboxylic acids is 1. The molecule has 1 aromatic heterocycles. The summed E-state index contributed by atoms with van der Waals surface area (Å²) in [5.41, 5.74) is 1.25. The highest BCUT2D eigenvalue weighted by Crippen LogP contribution is 2.23. The van der Waals surface area contributed by atoms with E-state index in [-0.39, 0.29) is 11.3 Å². The molecule has 0 aliphatic rings. The van der Waals surface area contributed by atoms with Crippen molar-refractivity contribution in [2.75, 3.05) is 20.3 Å². The number of aromatic nitrogens is 1. The summed E-state index contributed by atoms with van der Waals surface area (Å²) in [6, 6.07) is 3.42. The molecule has 1 rings (SSSR count). The smallest absolute Gasteiger partial charge is 0.251 e. The first kappa shape index (κ1) is 17.9. The van der Waals surface area contributed by atoms with Crippen LogP contribution in [-0.2, 0) is 10.2 Å². The summed E-state index contributed by atoms with van der Waals surface area (Å²) in [6.07, 6.45) is 3.00. The fourth-order valence-electron chi connectivity index (χ4n) is 1.86. The van der Waals surface area contributed by atoms with E-state index in [0.717, 1.165) is 31.6 Å². The van der Waals surface area contributed by atoms with Crippen LogP contribution in [0.2, 0.25) is 5.15 Å². The Hall–Kier alpha value is -1.13. The third-order valence-corrected chi connectivity index (χ3v) is 3.33. The predicted octanol–water partition coefficient (Wildman–Crippen LogP) is 3.58. The molecule has 0 bridgehead atoms. The molecule has 21 heavy (non-hydrogen) atoms. The highest BCUT2D eigenvalue weighted by atomic mass is 35.5. The Labute approximate surface area is 132 Å². The first-order valence-electron chi connectivity index (χ1n) is 7.30. The lowest BCUT2D eigenvalue weighted by Gasteiger charge is -2.18. The molecule has 0 saturated carbocycles. The number of halogens is 1. The molecule has 0 atom stereocenters. The number of methoxy groups -OCH3 is 1. The molecular weight excluding hydrogens is 288 g/mol. The van der Waals surface area contributed by atoms with E-state index in [2.05, 4.69) is 10.3 Å². The maximum absolute atomic E-state index is 12.1. The summed E-state index contributed by atoms with van der Waals surface area (Å²) in [7, 11) is 1.70. The SMILES string of the molecule is COCCCCCNC(=O)c1cc(Cl)nc(C(C)(C)C)c1. The number of nitrogens with one attached hydrogen (secondary N) is 1. The van der Waals surface area contributed by atoms with Crippen molar-refractivity contribution in [3.05, 3.63) is 28.5 Å². The minimum absolute atomic E-state index is 0.100. The molecule has 0 aromatic carbocycles. The number of pyridine rings is 1. The van der Waals surface area contributed by atoms with Crippen LogP contribution in [0.3, 0.4) is 0 Å². The van der Waals surface area contributed by atoms with Crippen LogP contribution in [0.5, 0.6) is 0 Å². The van der Waals surface area contributed by atoms with Gasteiger partial charge in [0.1, 0.15) is 5.15 Å². The van der Waals surface area contributed by atoms with E-state index >= 15 is 0 Å². The summed E-state index contributed by atoms with van der Waals surface area (Å²) in [5.74, 6) is -0.100. The monoisotopic (exact) mass is 312 g/mol. The molecule has 5 heteroatoms. The lowest BCUT2D eigenvalue weighted by molar-refractivity contribution is 0.0952. The Kier molecular flexibility index (Phi) is 7.12. The maximum Gasteiger partial charge on any atom is 0.251 e.